The molecule has 35 heavy (non-hydrogen) atoms. The Kier molecular flexibility index (Phi) is 12.0. The molecule has 0 bridgehead atoms. The van der Waals surface area contributed by atoms with Crippen molar-refractivity contribution in [1.29, 1.82) is 0 Å². The topological polar surface area (TPSA) is 116 Å². The summed E-state index contributed by atoms with van der Waals surface area (Å²) in [5.41, 5.74) is -0.731. The number of alkyl carbamates (subject to hydrolysis) is 1. The van der Waals surface area contributed by atoms with Crippen molar-refractivity contribution < 1.29 is 29.0 Å². The Balaban J connectivity index is 3.02. The van der Waals surface area contributed by atoms with Crippen molar-refractivity contribution in [2.45, 2.75) is 109 Å². The third kappa shape index (κ3) is 11.3. The van der Waals surface area contributed by atoms with Gasteiger partial charge in [0, 0.05) is 27.6 Å². The van der Waals surface area contributed by atoms with Gasteiger partial charge in [0.05, 0.1) is 6.04 Å². The number of likely N-dealkylation sites (tertiary alicyclic amines) is 1. The molecule has 10 heteroatoms. The van der Waals surface area contributed by atoms with Gasteiger partial charge in [-0.25, -0.2) is 9.59 Å². The van der Waals surface area contributed by atoms with Gasteiger partial charge in [0.2, 0.25) is 12.3 Å². The fourth-order valence-corrected chi connectivity index (χ4v) is 4.97. The molecular weight excluding hydrogens is 466 g/mol. The fraction of sp³-hybridized carbons (Fsp3) is 0.760. The maximum Gasteiger partial charge on any atom is 0.408 e. The Labute approximate surface area is 211 Å². The van der Waals surface area contributed by atoms with E-state index in [2.05, 4.69) is 31.5 Å². The number of allylic oxidation sites excluding steroid dienone is 1. The minimum Gasteiger partial charge on any atom is -0.480 e. The van der Waals surface area contributed by atoms with Gasteiger partial charge in [-0.1, -0.05) is 38.6 Å². The third-order valence-electron chi connectivity index (χ3n) is 5.96. The van der Waals surface area contributed by atoms with Crippen LogP contribution < -0.4 is 5.32 Å². The molecule has 0 aliphatic carbocycles. The minimum absolute atomic E-state index is 0.128. The lowest BCUT2D eigenvalue weighted by molar-refractivity contribution is -0.149. The number of nitrogens with zero attached hydrogens (tertiary/aromatic N) is 2. The maximum absolute atomic E-state index is 13.5. The second-order valence-electron chi connectivity index (χ2n) is 11.5. The van der Waals surface area contributed by atoms with E-state index in [1.165, 1.54) is 4.90 Å². The van der Waals surface area contributed by atoms with Crippen LogP contribution in [0.5, 0.6) is 0 Å². The molecule has 1 aliphatic rings. The summed E-state index contributed by atoms with van der Waals surface area (Å²) in [5, 5.41) is 12.5. The van der Waals surface area contributed by atoms with Crippen LogP contribution in [0.4, 0.5) is 4.79 Å². The first-order chi connectivity index (χ1) is 16.2. The van der Waals surface area contributed by atoms with Gasteiger partial charge < -0.3 is 25.0 Å². The number of carboxylic acids is 1. The Bertz CT molecular complexity index is 746. The lowest BCUT2D eigenvalue weighted by Gasteiger charge is -2.29. The highest BCUT2D eigenvalue weighted by Crippen LogP contribution is 2.25. The quantitative estimate of drug-likeness (QED) is 0.158. The van der Waals surface area contributed by atoms with Crippen molar-refractivity contribution in [2.24, 2.45) is 0 Å². The van der Waals surface area contributed by atoms with Crippen molar-refractivity contribution in [3.63, 3.8) is 0 Å². The summed E-state index contributed by atoms with van der Waals surface area (Å²) in [4.78, 5) is 52.8. The summed E-state index contributed by atoms with van der Waals surface area (Å²) in [6.45, 7) is 16.2. The van der Waals surface area contributed by atoms with E-state index in [9.17, 15) is 24.3 Å². The number of carboxylic acid groups (broad SMARTS) is 1. The Morgan fingerprint density at radius 3 is 2.40 bits per heavy atom. The highest BCUT2D eigenvalue weighted by Gasteiger charge is 2.44. The zero-order chi connectivity index (χ0) is 26.8. The average Bonchev–Trinajstić information content (AvgIpc) is 3.16. The molecule has 3 amide bonds. The fourth-order valence-electron chi connectivity index (χ4n) is 4.04. The second kappa shape index (κ2) is 13.7. The zero-order valence-corrected chi connectivity index (χ0v) is 23.3. The van der Waals surface area contributed by atoms with Gasteiger partial charge in [-0.15, -0.1) is 6.58 Å². The first-order valence-electron chi connectivity index (χ1n) is 12.5. The van der Waals surface area contributed by atoms with Crippen molar-refractivity contribution in [2.75, 3.05) is 13.1 Å². The summed E-state index contributed by atoms with van der Waals surface area (Å²) < 4.78 is 5.34. The monoisotopic (exact) mass is 511 g/mol. The number of hydrogen-bond acceptors (Lipinski definition) is 5. The predicted octanol–water partition coefficient (Wildman–Crippen LogP) is 3.87. The van der Waals surface area contributed by atoms with E-state index < -0.39 is 43.7 Å². The molecule has 9 nitrogen and oxygen atoms in total. The number of carbonyl (C=O) groups excluding carboxylic acids is 3. The first kappa shape index (κ1) is 30.7. The summed E-state index contributed by atoms with van der Waals surface area (Å²) in [6, 6.07) is -1.43. The molecule has 0 aromatic carbocycles. The van der Waals surface area contributed by atoms with Crippen molar-refractivity contribution in [3.8, 4) is 0 Å². The van der Waals surface area contributed by atoms with E-state index in [4.69, 9.17) is 4.74 Å². The molecule has 0 saturated carbocycles. The highest BCUT2D eigenvalue weighted by atomic mass is 28.3. The van der Waals surface area contributed by atoms with E-state index in [1.54, 1.807) is 25.7 Å². The maximum atomic E-state index is 13.5. The van der Waals surface area contributed by atoms with E-state index in [-0.39, 0.29) is 19.0 Å². The van der Waals surface area contributed by atoms with Gasteiger partial charge in [0.15, 0.2) is 0 Å². The number of hydrogen-bond donors (Lipinski definition) is 2. The zero-order valence-electron chi connectivity index (χ0n) is 22.3. The number of ether oxygens (including phenoxy) is 1. The van der Waals surface area contributed by atoms with Crippen molar-refractivity contribution in [3.05, 3.63) is 12.7 Å². The number of nitrogens with one attached hydrogen (secondary N) is 1. The molecule has 1 rings (SSSR count). The normalized spacial score (nSPS) is 19.1. The van der Waals surface area contributed by atoms with Crippen LogP contribution in [0.2, 0.25) is 25.7 Å². The molecule has 0 radical (unpaired) electrons. The number of carbonyl (C=O) groups is 4. The van der Waals surface area contributed by atoms with Crippen LogP contribution in [0.15, 0.2) is 12.7 Å². The Morgan fingerprint density at radius 1 is 1.23 bits per heavy atom. The van der Waals surface area contributed by atoms with Crippen LogP contribution in [0.1, 0.15) is 59.3 Å². The third-order valence-corrected chi connectivity index (χ3v) is 7.69. The van der Waals surface area contributed by atoms with Crippen LogP contribution in [0.3, 0.4) is 0 Å². The van der Waals surface area contributed by atoms with Gasteiger partial charge in [-0.2, -0.15) is 0 Å². The van der Waals surface area contributed by atoms with Gasteiger partial charge in [0.1, 0.15) is 17.7 Å². The highest BCUT2D eigenvalue weighted by molar-refractivity contribution is 6.76. The van der Waals surface area contributed by atoms with Crippen LogP contribution >= 0.6 is 0 Å². The second-order valence-corrected chi connectivity index (χ2v) is 17.1. The minimum atomic E-state index is -1.41. The molecule has 1 aliphatic heterocycles. The SMILES string of the molecule is C=CCCCCC[C@H](NC(=O)OC(C)(C)C)C(=O)N1C[C@H](N(C=O)CC[Si](C)(C)C)C[C@H]1C(=O)O. The first-order valence-corrected chi connectivity index (χ1v) is 16.2. The molecule has 2 N–H and O–H groups in total. The molecule has 0 aromatic heterocycles. The molecule has 200 valence electrons. The predicted molar refractivity (Wildman–Crippen MR) is 139 cm³/mol. The van der Waals surface area contributed by atoms with E-state index in [0.29, 0.717) is 19.4 Å². The molecule has 1 saturated heterocycles. The number of amides is 3. The van der Waals surface area contributed by atoms with Crippen LogP contribution in [-0.2, 0) is 19.1 Å². The molecule has 0 spiro atoms. The van der Waals surface area contributed by atoms with E-state index in [0.717, 1.165) is 31.7 Å². The van der Waals surface area contributed by atoms with Crippen LogP contribution in [-0.4, -0.2) is 84.2 Å². The Hall–Kier alpha value is -2.36. The summed E-state index contributed by atoms with van der Waals surface area (Å²) >= 11 is 0. The number of aliphatic carboxylic acids is 1. The van der Waals surface area contributed by atoms with Gasteiger partial charge >= 0.3 is 12.1 Å². The lowest BCUT2D eigenvalue weighted by atomic mass is 10.1. The Morgan fingerprint density at radius 2 is 1.89 bits per heavy atom. The molecule has 1 fully saturated rings. The molecule has 3 atom stereocenters. The molecule has 0 aromatic rings. The lowest BCUT2D eigenvalue weighted by Crippen LogP contribution is -2.52. The number of rotatable bonds is 14. The number of unbranched alkanes of at least 4 members (excludes halogenated alkanes) is 3. The summed E-state index contributed by atoms with van der Waals surface area (Å²) in [7, 11) is -1.41. The van der Waals surface area contributed by atoms with Crippen LogP contribution in [0, 0.1) is 0 Å². The average molecular weight is 512 g/mol. The van der Waals surface area contributed by atoms with Crippen molar-refractivity contribution >= 4 is 32.5 Å². The van der Waals surface area contributed by atoms with Gasteiger partial charge in [-0.3, -0.25) is 9.59 Å². The molecule has 0 unspecified atom stereocenters. The summed E-state index contributed by atoms with van der Waals surface area (Å²) in [6.07, 6.45) is 5.75. The summed E-state index contributed by atoms with van der Waals surface area (Å²) in [5.74, 6) is -1.57. The smallest absolute Gasteiger partial charge is 0.408 e. The van der Waals surface area contributed by atoms with Crippen molar-refractivity contribution in [1.82, 2.24) is 15.1 Å². The van der Waals surface area contributed by atoms with Crippen LogP contribution in [0.25, 0.3) is 0 Å². The van der Waals surface area contributed by atoms with Gasteiger partial charge in [-0.05, 0) is 46.1 Å². The standard InChI is InChI=1S/C25H45N3O6Si/c1-8-9-10-11-12-13-20(26-24(33)34-25(2,3)4)22(30)28-17-19(16-21(28)23(31)32)27(18-29)14-15-35(5,6)7/h8,18-21H,1,9-17H2,2-7H3,(H,26,33)(H,31,32)/t19-,20+,21+/m1/s1. The molecular formula is C25H45N3O6Si. The van der Waals surface area contributed by atoms with Gasteiger partial charge in [0.25, 0.3) is 0 Å². The molecule has 1 heterocycles. The van der Waals surface area contributed by atoms with E-state index in [1.807, 2.05) is 6.08 Å². The van der Waals surface area contributed by atoms with E-state index >= 15 is 0 Å². The largest absolute Gasteiger partial charge is 0.480 e.